The van der Waals surface area contributed by atoms with E-state index in [1.165, 1.54) is 11.1 Å². The molecule has 3 rings (SSSR count). The monoisotopic (exact) mass is 216 g/mol. The van der Waals surface area contributed by atoms with E-state index in [1.54, 1.807) is 0 Å². The molecule has 2 heterocycles. The van der Waals surface area contributed by atoms with Gasteiger partial charge in [0, 0.05) is 7.05 Å². The van der Waals surface area contributed by atoms with Gasteiger partial charge in [0.15, 0.2) is 0 Å². The lowest BCUT2D eigenvalue weighted by atomic mass is 10.0. The predicted octanol–water partition coefficient (Wildman–Crippen LogP) is 2.73. The number of imidazole rings is 1. The molecule has 0 saturated carbocycles. The number of ether oxygens (including phenoxy) is 1. The molecule has 0 amide bonds. The molecule has 1 unspecified atom stereocenters. The molecule has 1 aromatic carbocycles. The molecule has 84 valence electrons. The van der Waals surface area contributed by atoms with Gasteiger partial charge in [0.1, 0.15) is 11.9 Å². The van der Waals surface area contributed by atoms with E-state index in [-0.39, 0.29) is 11.7 Å². The van der Waals surface area contributed by atoms with Gasteiger partial charge < -0.3 is 9.30 Å². The fourth-order valence-corrected chi connectivity index (χ4v) is 2.24. The molecule has 1 aromatic heterocycles. The van der Waals surface area contributed by atoms with Gasteiger partial charge in [-0.25, -0.2) is 4.98 Å². The lowest BCUT2D eigenvalue weighted by Gasteiger charge is -1.99. The van der Waals surface area contributed by atoms with Crippen LogP contribution in [0.1, 0.15) is 31.3 Å². The van der Waals surface area contributed by atoms with Crippen LogP contribution in [-0.2, 0) is 11.8 Å². The third-order valence-electron chi connectivity index (χ3n) is 3.43. The maximum Gasteiger partial charge on any atom is 0.112 e. The number of hydrogen-bond acceptors (Lipinski definition) is 2. The average molecular weight is 216 g/mol. The van der Waals surface area contributed by atoms with E-state index in [0.29, 0.717) is 0 Å². The summed E-state index contributed by atoms with van der Waals surface area (Å²) < 4.78 is 7.75. The van der Waals surface area contributed by atoms with Crippen molar-refractivity contribution in [2.75, 3.05) is 0 Å². The molecule has 0 radical (unpaired) electrons. The quantitative estimate of drug-likeness (QED) is 0.686. The molecule has 1 aliphatic rings. The van der Waals surface area contributed by atoms with Crippen molar-refractivity contribution in [2.24, 2.45) is 7.05 Å². The van der Waals surface area contributed by atoms with Gasteiger partial charge in [-0.15, -0.1) is 0 Å². The first-order chi connectivity index (χ1) is 7.49. The molecule has 2 aromatic rings. The number of aromatic nitrogens is 2. The van der Waals surface area contributed by atoms with Crippen molar-refractivity contribution in [3.05, 3.63) is 29.6 Å². The lowest BCUT2D eigenvalue weighted by Crippen LogP contribution is -1.97. The highest BCUT2D eigenvalue weighted by molar-refractivity contribution is 5.77. The van der Waals surface area contributed by atoms with Gasteiger partial charge in [-0.1, -0.05) is 6.07 Å². The van der Waals surface area contributed by atoms with Crippen LogP contribution in [0.15, 0.2) is 18.2 Å². The van der Waals surface area contributed by atoms with E-state index >= 15 is 0 Å². The van der Waals surface area contributed by atoms with Crippen molar-refractivity contribution in [1.82, 2.24) is 9.55 Å². The highest BCUT2D eigenvalue weighted by Crippen LogP contribution is 2.49. The third kappa shape index (κ3) is 1.28. The molecule has 1 atom stereocenters. The normalized spacial score (nSPS) is 22.6. The Kier molecular flexibility index (Phi) is 1.76. The van der Waals surface area contributed by atoms with Crippen LogP contribution in [0.2, 0.25) is 0 Å². The van der Waals surface area contributed by atoms with Crippen molar-refractivity contribution < 1.29 is 4.74 Å². The first-order valence-corrected chi connectivity index (χ1v) is 5.60. The first kappa shape index (κ1) is 9.85. The molecule has 16 heavy (non-hydrogen) atoms. The minimum Gasteiger partial charge on any atom is -0.362 e. The minimum absolute atomic E-state index is 0.00248. The Morgan fingerprint density at radius 3 is 2.69 bits per heavy atom. The summed E-state index contributed by atoms with van der Waals surface area (Å²) in [4.78, 5) is 4.54. The van der Waals surface area contributed by atoms with Crippen LogP contribution in [0.5, 0.6) is 0 Å². The highest BCUT2D eigenvalue weighted by atomic mass is 16.6. The van der Waals surface area contributed by atoms with E-state index in [2.05, 4.69) is 41.6 Å². The topological polar surface area (TPSA) is 30.4 Å². The van der Waals surface area contributed by atoms with E-state index in [9.17, 15) is 0 Å². The van der Waals surface area contributed by atoms with Gasteiger partial charge in [0.05, 0.1) is 16.6 Å². The zero-order valence-corrected chi connectivity index (χ0v) is 10.1. The Balaban J connectivity index is 2.11. The summed E-state index contributed by atoms with van der Waals surface area (Å²) >= 11 is 0. The fraction of sp³-hybridized carbons (Fsp3) is 0.462. The number of aryl methyl sites for hydroxylation is 2. The highest BCUT2D eigenvalue weighted by Gasteiger charge is 2.48. The van der Waals surface area contributed by atoms with Crippen LogP contribution >= 0.6 is 0 Å². The largest absolute Gasteiger partial charge is 0.362 e. The second kappa shape index (κ2) is 2.86. The summed E-state index contributed by atoms with van der Waals surface area (Å²) in [7, 11) is 2.04. The number of rotatable bonds is 1. The van der Waals surface area contributed by atoms with Crippen molar-refractivity contribution in [2.45, 2.75) is 32.5 Å². The molecule has 3 heteroatoms. The van der Waals surface area contributed by atoms with Gasteiger partial charge >= 0.3 is 0 Å². The van der Waals surface area contributed by atoms with Gasteiger partial charge in [-0.3, -0.25) is 0 Å². The summed E-state index contributed by atoms with van der Waals surface area (Å²) in [5, 5.41) is 0. The van der Waals surface area contributed by atoms with Crippen molar-refractivity contribution in [1.29, 1.82) is 0 Å². The van der Waals surface area contributed by atoms with Gasteiger partial charge in [0.2, 0.25) is 0 Å². The first-order valence-electron chi connectivity index (χ1n) is 5.60. The van der Waals surface area contributed by atoms with Crippen LogP contribution in [0, 0.1) is 6.92 Å². The van der Waals surface area contributed by atoms with Gasteiger partial charge in [-0.2, -0.15) is 0 Å². The molecule has 0 bridgehead atoms. The predicted molar refractivity (Wildman–Crippen MR) is 63.4 cm³/mol. The van der Waals surface area contributed by atoms with Crippen LogP contribution in [0.4, 0.5) is 0 Å². The number of benzene rings is 1. The van der Waals surface area contributed by atoms with Crippen molar-refractivity contribution in [3.8, 4) is 0 Å². The SMILES string of the molecule is Cc1nc2cc(C3OC3(C)C)ccc2n1C. The van der Waals surface area contributed by atoms with Gasteiger partial charge in [0.25, 0.3) is 0 Å². The third-order valence-corrected chi connectivity index (χ3v) is 3.43. The smallest absolute Gasteiger partial charge is 0.112 e. The maximum absolute atomic E-state index is 5.64. The average Bonchev–Trinajstić information content (AvgIpc) is 2.77. The number of hydrogen-bond donors (Lipinski definition) is 0. The molecule has 1 saturated heterocycles. The minimum atomic E-state index is -0.00248. The number of epoxide rings is 1. The summed E-state index contributed by atoms with van der Waals surface area (Å²) in [6.07, 6.45) is 0.235. The van der Waals surface area contributed by atoms with Crippen molar-refractivity contribution in [3.63, 3.8) is 0 Å². The Hall–Kier alpha value is -1.35. The molecule has 1 fully saturated rings. The Bertz CT molecular complexity index is 569. The molecular weight excluding hydrogens is 200 g/mol. The summed E-state index contributed by atoms with van der Waals surface area (Å²) in [6, 6.07) is 6.41. The van der Waals surface area contributed by atoms with Crippen LogP contribution in [-0.4, -0.2) is 15.2 Å². The number of fused-ring (bicyclic) bond motifs is 1. The zero-order valence-electron chi connectivity index (χ0n) is 10.1. The lowest BCUT2D eigenvalue weighted by molar-refractivity contribution is 0.325. The second-order valence-electron chi connectivity index (χ2n) is 5.07. The second-order valence-corrected chi connectivity index (χ2v) is 5.07. The van der Waals surface area contributed by atoms with Crippen LogP contribution in [0.3, 0.4) is 0 Å². The molecule has 1 aliphatic heterocycles. The van der Waals surface area contributed by atoms with Crippen LogP contribution < -0.4 is 0 Å². The van der Waals surface area contributed by atoms with E-state index in [1.807, 2.05) is 14.0 Å². The zero-order chi connectivity index (χ0) is 11.5. The Labute approximate surface area is 95.0 Å². The van der Waals surface area contributed by atoms with Gasteiger partial charge in [-0.05, 0) is 38.5 Å². The van der Waals surface area contributed by atoms with E-state index in [0.717, 1.165) is 11.3 Å². The Morgan fingerprint density at radius 1 is 1.38 bits per heavy atom. The fourth-order valence-electron chi connectivity index (χ4n) is 2.24. The molecular formula is C13H16N2O. The van der Waals surface area contributed by atoms with E-state index in [4.69, 9.17) is 4.74 Å². The summed E-state index contributed by atoms with van der Waals surface area (Å²) in [6.45, 7) is 6.26. The Morgan fingerprint density at radius 2 is 2.06 bits per heavy atom. The molecule has 3 nitrogen and oxygen atoms in total. The molecule has 0 aliphatic carbocycles. The molecule has 0 spiro atoms. The molecule has 0 N–H and O–H groups in total. The van der Waals surface area contributed by atoms with Crippen molar-refractivity contribution >= 4 is 11.0 Å². The van der Waals surface area contributed by atoms with Crippen LogP contribution in [0.25, 0.3) is 11.0 Å². The van der Waals surface area contributed by atoms with E-state index < -0.39 is 0 Å². The summed E-state index contributed by atoms with van der Waals surface area (Å²) in [5.74, 6) is 1.04. The summed E-state index contributed by atoms with van der Waals surface area (Å²) in [5.41, 5.74) is 3.47. The maximum atomic E-state index is 5.64. The number of nitrogens with zero attached hydrogens (tertiary/aromatic N) is 2. The standard InChI is InChI=1S/C13H16N2O/c1-8-14-10-7-9(12-13(2,3)16-12)5-6-11(10)15(8)4/h5-7,12H,1-4H3.